The lowest BCUT2D eigenvalue weighted by atomic mass is 10.1. The second kappa shape index (κ2) is 11.0. The molecule has 7 heteroatoms. The molecule has 3 aromatic rings. The van der Waals surface area contributed by atoms with Crippen LogP contribution in [0.4, 0.5) is 17.3 Å². The van der Waals surface area contributed by atoms with Gasteiger partial charge in [0.1, 0.15) is 23.2 Å². The van der Waals surface area contributed by atoms with E-state index >= 15 is 0 Å². The average Bonchev–Trinajstić information content (AvgIpc) is 2.85. The Bertz CT molecular complexity index is 1090. The largest absolute Gasteiger partial charge is 0.494 e. The van der Waals surface area contributed by atoms with Crippen LogP contribution in [0.15, 0.2) is 54.6 Å². The Morgan fingerprint density at radius 3 is 2.35 bits per heavy atom. The third-order valence-electron chi connectivity index (χ3n) is 5.91. The van der Waals surface area contributed by atoms with Crippen LogP contribution in [-0.4, -0.2) is 53.6 Å². The van der Waals surface area contributed by atoms with Crippen LogP contribution in [0.25, 0.3) is 0 Å². The minimum absolute atomic E-state index is 0.0559. The van der Waals surface area contributed by atoms with Crippen LogP contribution < -0.4 is 15.0 Å². The zero-order valence-corrected chi connectivity index (χ0v) is 20.3. The summed E-state index contributed by atoms with van der Waals surface area (Å²) in [6, 6.07) is 17.7. The number of piperazine rings is 1. The third kappa shape index (κ3) is 6.04. The highest BCUT2D eigenvalue weighted by Gasteiger charge is 2.23. The van der Waals surface area contributed by atoms with Crippen molar-refractivity contribution in [3.63, 3.8) is 0 Å². The monoisotopic (exact) mass is 459 g/mol. The number of unbranched alkanes of at least 4 members (excludes halogenated alkanes) is 1. The predicted molar refractivity (Wildman–Crippen MR) is 136 cm³/mol. The number of rotatable bonds is 8. The summed E-state index contributed by atoms with van der Waals surface area (Å²) >= 11 is 0. The van der Waals surface area contributed by atoms with E-state index in [1.54, 1.807) is 0 Å². The van der Waals surface area contributed by atoms with Crippen LogP contribution in [-0.2, 0) is 0 Å². The highest BCUT2D eigenvalue weighted by Crippen LogP contribution is 2.22. The number of carbonyl (C=O) groups excluding carboxylic acids is 1. The molecule has 178 valence electrons. The van der Waals surface area contributed by atoms with Crippen LogP contribution in [0.5, 0.6) is 5.75 Å². The number of ether oxygens (including phenoxy) is 1. The summed E-state index contributed by atoms with van der Waals surface area (Å²) in [4.78, 5) is 26.3. The highest BCUT2D eigenvalue weighted by molar-refractivity contribution is 5.94. The molecular formula is C27H33N5O2. The number of nitrogens with zero attached hydrogens (tertiary/aromatic N) is 4. The number of benzene rings is 2. The SMILES string of the molecule is CCCCOc1ccc(C(=O)N2CCN(c3cc(Nc4ccc(C)cc4)nc(C)n3)CC2)cc1. The van der Waals surface area contributed by atoms with E-state index in [0.717, 1.165) is 49.0 Å². The summed E-state index contributed by atoms with van der Waals surface area (Å²) in [5.41, 5.74) is 2.90. The van der Waals surface area contributed by atoms with Crippen LogP contribution in [0.2, 0.25) is 0 Å². The molecule has 1 saturated heterocycles. The lowest BCUT2D eigenvalue weighted by Crippen LogP contribution is -2.49. The fraction of sp³-hybridized carbons (Fsp3) is 0.370. The topological polar surface area (TPSA) is 70.6 Å². The van der Waals surface area contributed by atoms with Crippen molar-refractivity contribution < 1.29 is 9.53 Å². The first-order chi connectivity index (χ1) is 16.5. The molecule has 34 heavy (non-hydrogen) atoms. The third-order valence-corrected chi connectivity index (χ3v) is 5.91. The van der Waals surface area contributed by atoms with E-state index in [4.69, 9.17) is 4.74 Å². The summed E-state index contributed by atoms with van der Waals surface area (Å²) in [6.45, 7) is 9.57. The fourth-order valence-corrected chi connectivity index (χ4v) is 3.91. The number of hydrogen-bond donors (Lipinski definition) is 1. The number of aromatic nitrogens is 2. The van der Waals surface area contributed by atoms with Gasteiger partial charge >= 0.3 is 0 Å². The van der Waals surface area contributed by atoms with Gasteiger partial charge in [-0.2, -0.15) is 0 Å². The van der Waals surface area contributed by atoms with Crippen molar-refractivity contribution in [2.45, 2.75) is 33.6 Å². The molecular weight excluding hydrogens is 426 g/mol. The van der Waals surface area contributed by atoms with Gasteiger partial charge in [-0.15, -0.1) is 0 Å². The molecule has 1 aliphatic rings. The molecule has 0 radical (unpaired) electrons. The van der Waals surface area contributed by atoms with Crippen molar-refractivity contribution in [3.05, 3.63) is 71.5 Å². The summed E-state index contributed by atoms with van der Waals surface area (Å²) in [5, 5.41) is 3.37. The standard InChI is InChI=1S/C27H33N5O2/c1-4-5-18-34-24-12-8-22(9-13-24)27(33)32-16-14-31(15-17-32)26-19-25(28-21(3)29-26)30-23-10-6-20(2)7-11-23/h6-13,19H,4-5,14-18H2,1-3H3,(H,28,29,30). The molecule has 0 saturated carbocycles. The van der Waals surface area contributed by atoms with Gasteiger partial charge in [-0.3, -0.25) is 4.79 Å². The minimum atomic E-state index is 0.0559. The maximum atomic E-state index is 13.0. The molecule has 1 fully saturated rings. The van der Waals surface area contributed by atoms with E-state index in [2.05, 4.69) is 46.2 Å². The van der Waals surface area contributed by atoms with E-state index in [9.17, 15) is 4.79 Å². The van der Waals surface area contributed by atoms with Crippen molar-refractivity contribution in [2.75, 3.05) is 43.0 Å². The van der Waals surface area contributed by atoms with Gasteiger partial charge in [0, 0.05) is 43.5 Å². The second-order valence-electron chi connectivity index (χ2n) is 8.66. The normalized spacial score (nSPS) is 13.6. The highest BCUT2D eigenvalue weighted by atomic mass is 16.5. The molecule has 1 N–H and O–H groups in total. The van der Waals surface area contributed by atoms with E-state index in [1.165, 1.54) is 5.56 Å². The zero-order valence-electron chi connectivity index (χ0n) is 20.3. The van der Waals surface area contributed by atoms with Gasteiger partial charge in [0.25, 0.3) is 5.91 Å². The van der Waals surface area contributed by atoms with Crippen LogP contribution in [0.3, 0.4) is 0 Å². The number of anilines is 3. The lowest BCUT2D eigenvalue weighted by Gasteiger charge is -2.35. The van der Waals surface area contributed by atoms with E-state index in [-0.39, 0.29) is 5.91 Å². The molecule has 0 atom stereocenters. The maximum Gasteiger partial charge on any atom is 0.253 e. The van der Waals surface area contributed by atoms with Gasteiger partial charge in [0.15, 0.2) is 0 Å². The Hall–Kier alpha value is -3.61. The Morgan fingerprint density at radius 1 is 0.971 bits per heavy atom. The number of carbonyl (C=O) groups is 1. The lowest BCUT2D eigenvalue weighted by molar-refractivity contribution is 0.0746. The van der Waals surface area contributed by atoms with Gasteiger partial charge in [0.05, 0.1) is 6.61 Å². The van der Waals surface area contributed by atoms with Crippen molar-refractivity contribution in [1.29, 1.82) is 0 Å². The number of hydrogen-bond acceptors (Lipinski definition) is 6. The van der Waals surface area contributed by atoms with Crippen LogP contribution >= 0.6 is 0 Å². The van der Waals surface area contributed by atoms with E-state index in [1.807, 2.05) is 54.3 Å². The van der Waals surface area contributed by atoms with Crippen LogP contribution in [0, 0.1) is 13.8 Å². The van der Waals surface area contributed by atoms with Crippen molar-refractivity contribution in [1.82, 2.24) is 14.9 Å². The summed E-state index contributed by atoms with van der Waals surface area (Å²) in [5.74, 6) is 3.23. The first-order valence-corrected chi connectivity index (χ1v) is 12.0. The van der Waals surface area contributed by atoms with Crippen molar-refractivity contribution >= 4 is 23.2 Å². The zero-order chi connectivity index (χ0) is 23.9. The molecule has 0 spiro atoms. The summed E-state index contributed by atoms with van der Waals surface area (Å²) in [6.07, 6.45) is 2.13. The van der Waals surface area contributed by atoms with Gasteiger partial charge in [-0.25, -0.2) is 9.97 Å². The first kappa shape index (κ1) is 23.5. The fourth-order valence-electron chi connectivity index (χ4n) is 3.91. The summed E-state index contributed by atoms with van der Waals surface area (Å²) in [7, 11) is 0. The molecule has 2 heterocycles. The molecule has 0 aliphatic carbocycles. The molecule has 7 nitrogen and oxygen atoms in total. The molecule has 0 bridgehead atoms. The Labute approximate surface area is 201 Å². The van der Waals surface area contributed by atoms with E-state index < -0.39 is 0 Å². The van der Waals surface area contributed by atoms with E-state index in [0.29, 0.717) is 31.1 Å². The molecule has 4 rings (SSSR count). The Kier molecular flexibility index (Phi) is 7.62. The number of nitrogens with one attached hydrogen (secondary N) is 1. The van der Waals surface area contributed by atoms with Gasteiger partial charge in [0.2, 0.25) is 0 Å². The molecule has 1 aliphatic heterocycles. The number of amides is 1. The summed E-state index contributed by atoms with van der Waals surface area (Å²) < 4.78 is 5.70. The van der Waals surface area contributed by atoms with Gasteiger partial charge in [-0.1, -0.05) is 31.0 Å². The molecule has 1 aromatic heterocycles. The predicted octanol–water partition coefficient (Wildman–Crippen LogP) is 4.98. The van der Waals surface area contributed by atoms with Gasteiger partial charge < -0.3 is 19.9 Å². The number of aryl methyl sites for hydroxylation is 2. The van der Waals surface area contributed by atoms with Crippen molar-refractivity contribution in [3.8, 4) is 5.75 Å². The second-order valence-corrected chi connectivity index (χ2v) is 8.66. The average molecular weight is 460 g/mol. The molecule has 0 unspecified atom stereocenters. The molecule has 1 amide bonds. The minimum Gasteiger partial charge on any atom is -0.494 e. The van der Waals surface area contributed by atoms with Crippen LogP contribution in [0.1, 0.15) is 41.5 Å². The maximum absolute atomic E-state index is 13.0. The van der Waals surface area contributed by atoms with Crippen molar-refractivity contribution in [2.24, 2.45) is 0 Å². The Morgan fingerprint density at radius 2 is 1.68 bits per heavy atom. The smallest absolute Gasteiger partial charge is 0.253 e. The Balaban J connectivity index is 1.35. The van der Waals surface area contributed by atoms with Gasteiger partial charge in [-0.05, 0) is 56.7 Å². The molecule has 2 aromatic carbocycles. The quantitative estimate of drug-likeness (QED) is 0.479. The first-order valence-electron chi connectivity index (χ1n) is 12.0.